The summed E-state index contributed by atoms with van der Waals surface area (Å²) >= 11 is 0. The number of ether oxygens (including phenoxy) is 9. The fourth-order valence-corrected chi connectivity index (χ4v) is 8.51. The number of cyclic esters (lactones) is 1. The Morgan fingerprint density at radius 1 is 1.00 bits per heavy atom. The topological polar surface area (TPSA) is 215 Å². The first-order valence-corrected chi connectivity index (χ1v) is 20.7. The van der Waals surface area contributed by atoms with E-state index in [2.05, 4.69) is 0 Å². The Bertz CT molecular complexity index is 1470. The number of ketones is 1. The van der Waals surface area contributed by atoms with E-state index in [9.17, 15) is 34.2 Å². The Hall–Kier alpha value is -2.87. The number of carbonyl (C=O) groups excluding carboxylic acids is 5. The Kier molecular flexibility index (Phi) is 17.6. The van der Waals surface area contributed by atoms with E-state index in [-0.39, 0.29) is 49.6 Å². The predicted octanol–water partition coefficient (Wildman–Crippen LogP) is 2.43. The summed E-state index contributed by atoms with van der Waals surface area (Å²) in [5.41, 5.74) is -1.51. The predicted molar refractivity (Wildman–Crippen MR) is 208 cm³/mol. The minimum Gasteiger partial charge on any atom is -0.462 e. The summed E-state index contributed by atoms with van der Waals surface area (Å²) < 4.78 is 54.2. The van der Waals surface area contributed by atoms with Crippen molar-refractivity contribution in [2.75, 3.05) is 21.2 Å². The lowest BCUT2D eigenvalue weighted by molar-refractivity contribution is -0.344. The lowest BCUT2D eigenvalue weighted by Crippen LogP contribution is -2.66. The zero-order valence-corrected chi connectivity index (χ0v) is 36.3. The quantitative estimate of drug-likeness (QED) is 0.125. The summed E-state index contributed by atoms with van der Waals surface area (Å²) in [6.45, 7) is 13.4. The van der Waals surface area contributed by atoms with Gasteiger partial charge < -0.3 is 62.5 Å². The Balaban J connectivity index is 1.64. The molecule has 4 aliphatic heterocycles. The normalized spacial score (nSPS) is 41.7. The molecule has 0 radical (unpaired) electrons. The Morgan fingerprint density at radius 3 is 2.29 bits per heavy atom. The highest BCUT2D eigenvalue weighted by molar-refractivity contribution is 5.91. The maximum atomic E-state index is 13.4. The SMILES string of the molecule is CO[C@@H]1[C@@H](O[C@@H]2O[C@H](C)[C@@H](O[C@H]3C[C@@](C)(O)[C@@H](OC(=O)CC(C)C)[C@H](C)O3)[C@H](N(C)C)[C@H]2O)[C@@H](CC=O)C[C@@H](C)C(=O)/C=C/[C@@H]2O[C@@H]2C[C@@H](C)OC(=O)C[C@H]1OC(C)=O. The molecule has 0 amide bonds. The number of methoxy groups -OCH3 is 1. The van der Waals surface area contributed by atoms with Crippen LogP contribution >= 0.6 is 0 Å². The van der Waals surface area contributed by atoms with Crippen LogP contribution in [0.4, 0.5) is 0 Å². The van der Waals surface area contributed by atoms with Gasteiger partial charge in [0.05, 0.1) is 36.9 Å². The van der Waals surface area contributed by atoms with Crippen molar-refractivity contribution < 1.29 is 76.8 Å². The number of aldehydes is 1. The maximum absolute atomic E-state index is 13.4. The van der Waals surface area contributed by atoms with Crippen LogP contribution in [0.15, 0.2) is 12.2 Å². The van der Waals surface area contributed by atoms with Crippen LogP contribution in [-0.2, 0) is 66.6 Å². The molecule has 3 fully saturated rings. The number of epoxide rings is 1. The molecule has 0 unspecified atom stereocenters. The summed E-state index contributed by atoms with van der Waals surface area (Å²) in [6.07, 6.45) is -7.99. The van der Waals surface area contributed by atoms with Crippen LogP contribution in [0.5, 0.6) is 0 Å². The molecule has 0 aromatic heterocycles. The van der Waals surface area contributed by atoms with Gasteiger partial charge in [0.1, 0.15) is 48.5 Å². The highest BCUT2D eigenvalue weighted by Gasteiger charge is 2.53. The number of likely N-dealkylation sites (N-methyl/N-ethyl adjacent to an activating group) is 1. The van der Waals surface area contributed by atoms with E-state index >= 15 is 0 Å². The number of rotatable bonds is 12. The molecule has 4 rings (SSSR count). The van der Waals surface area contributed by atoms with Gasteiger partial charge in [-0.3, -0.25) is 19.2 Å². The van der Waals surface area contributed by atoms with Gasteiger partial charge in [0, 0.05) is 45.6 Å². The van der Waals surface area contributed by atoms with Crippen molar-refractivity contribution in [2.45, 2.75) is 185 Å². The minimum absolute atomic E-state index is 0.0551. The molecule has 59 heavy (non-hydrogen) atoms. The van der Waals surface area contributed by atoms with Gasteiger partial charge in [-0.25, -0.2) is 0 Å². The number of hydrogen-bond acceptors (Lipinski definition) is 17. The molecule has 17 nitrogen and oxygen atoms in total. The molecular weight excluding hydrogens is 774 g/mol. The molecule has 0 bridgehead atoms. The number of fused-ring (bicyclic) bond motifs is 1. The van der Waals surface area contributed by atoms with Crippen LogP contribution in [0.2, 0.25) is 0 Å². The summed E-state index contributed by atoms with van der Waals surface area (Å²) in [6, 6.07) is -0.800. The number of hydrogen-bond donors (Lipinski definition) is 2. The fraction of sp³-hybridized carbons (Fsp3) is 0.833. The summed E-state index contributed by atoms with van der Waals surface area (Å²) in [4.78, 5) is 65.8. The number of carbonyl (C=O) groups is 5. The Morgan fingerprint density at radius 2 is 1.69 bits per heavy atom. The molecule has 17 atom stereocenters. The highest BCUT2D eigenvalue weighted by atomic mass is 16.7. The molecule has 4 heterocycles. The van der Waals surface area contributed by atoms with E-state index in [1.807, 2.05) is 13.8 Å². The molecule has 0 saturated carbocycles. The molecule has 0 spiro atoms. The Labute approximate surface area is 347 Å². The molecule has 17 heteroatoms. The molecule has 0 aromatic rings. The lowest BCUT2D eigenvalue weighted by atomic mass is 9.83. The van der Waals surface area contributed by atoms with Crippen molar-refractivity contribution in [3.05, 3.63) is 12.2 Å². The molecule has 0 aromatic carbocycles. The summed E-state index contributed by atoms with van der Waals surface area (Å²) in [5, 5.41) is 23.5. The largest absolute Gasteiger partial charge is 0.462 e. The fourth-order valence-electron chi connectivity index (χ4n) is 8.51. The van der Waals surface area contributed by atoms with Gasteiger partial charge in [0.15, 0.2) is 24.5 Å². The van der Waals surface area contributed by atoms with Crippen LogP contribution < -0.4 is 0 Å². The third-order valence-electron chi connectivity index (χ3n) is 11.4. The van der Waals surface area contributed by atoms with Crippen molar-refractivity contribution in [1.82, 2.24) is 4.90 Å². The zero-order chi connectivity index (χ0) is 43.9. The average Bonchev–Trinajstić information content (AvgIpc) is 3.85. The summed E-state index contributed by atoms with van der Waals surface area (Å²) in [7, 11) is 4.82. The number of aliphatic hydroxyl groups is 2. The van der Waals surface area contributed by atoms with E-state index in [0.717, 1.165) is 0 Å². The highest BCUT2D eigenvalue weighted by Crippen LogP contribution is 2.38. The first-order valence-electron chi connectivity index (χ1n) is 20.7. The average molecular weight is 842 g/mol. The molecule has 3 saturated heterocycles. The van der Waals surface area contributed by atoms with Gasteiger partial charge in [0.2, 0.25) is 0 Å². The summed E-state index contributed by atoms with van der Waals surface area (Å²) in [5.74, 6) is -3.35. The smallest absolute Gasteiger partial charge is 0.309 e. The van der Waals surface area contributed by atoms with Crippen LogP contribution in [0.1, 0.15) is 93.9 Å². The minimum atomic E-state index is -1.51. The second-order valence-electron chi connectivity index (χ2n) is 17.5. The first-order chi connectivity index (χ1) is 27.6. The van der Waals surface area contributed by atoms with E-state index in [1.54, 1.807) is 59.7 Å². The standard InChI is InChI=1S/C42H67NO16/c1-21(2)16-32(47)57-40-25(6)53-34(20-42(40,8)50)58-37-24(5)54-41(36(49)35(37)43(9)10)59-38-27(14-15-44)17-22(3)28(46)12-13-29-30(56-29)18-23(4)52-33(48)19-31(39(38)51-11)55-26(7)45/h12-13,15,21-25,27,29-31,34-41,49-50H,14,16-20H2,1-11H3/b13-12+/t22-,23-,24-,25+,27+,29+,30-,31-,34+,35-,36-,37-,38+,39+,40+,41+,42-/m1/s1. The second kappa shape index (κ2) is 21.3. The van der Waals surface area contributed by atoms with Crippen molar-refractivity contribution in [3.63, 3.8) is 0 Å². The molecular formula is C42H67NO16. The van der Waals surface area contributed by atoms with Crippen LogP contribution in [0.25, 0.3) is 0 Å². The second-order valence-corrected chi connectivity index (χ2v) is 17.5. The zero-order valence-electron chi connectivity index (χ0n) is 36.3. The van der Waals surface area contributed by atoms with Crippen LogP contribution in [0.3, 0.4) is 0 Å². The van der Waals surface area contributed by atoms with Gasteiger partial charge >= 0.3 is 17.9 Å². The lowest BCUT2D eigenvalue weighted by Gasteiger charge is -2.50. The van der Waals surface area contributed by atoms with E-state index in [4.69, 9.17) is 42.6 Å². The van der Waals surface area contributed by atoms with Crippen LogP contribution in [0, 0.1) is 17.8 Å². The molecule has 4 aliphatic rings. The van der Waals surface area contributed by atoms with E-state index in [0.29, 0.717) is 12.7 Å². The van der Waals surface area contributed by atoms with Crippen molar-refractivity contribution in [2.24, 2.45) is 17.8 Å². The number of aliphatic hydroxyl groups excluding tert-OH is 1. The van der Waals surface area contributed by atoms with Crippen molar-refractivity contribution in [1.29, 1.82) is 0 Å². The van der Waals surface area contributed by atoms with Gasteiger partial charge in [0.25, 0.3) is 0 Å². The molecule has 2 N–H and O–H groups in total. The van der Waals surface area contributed by atoms with Gasteiger partial charge in [-0.05, 0) is 72.2 Å². The van der Waals surface area contributed by atoms with Gasteiger partial charge in [-0.2, -0.15) is 0 Å². The molecule has 0 aliphatic carbocycles. The van der Waals surface area contributed by atoms with E-state index < -0.39 is 115 Å². The monoisotopic (exact) mass is 841 g/mol. The van der Waals surface area contributed by atoms with Crippen molar-refractivity contribution >= 4 is 30.0 Å². The number of allylic oxidation sites excluding steroid dienone is 1. The number of esters is 3. The van der Waals surface area contributed by atoms with Gasteiger partial charge in [-0.15, -0.1) is 0 Å². The third kappa shape index (κ3) is 13.3. The van der Waals surface area contributed by atoms with Crippen LogP contribution in [-0.4, -0.2) is 158 Å². The van der Waals surface area contributed by atoms with E-state index in [1.165, 1.54) is 20.1 Å². The maximum Gasteiger partial charge on any atom is 0.309 e. The third-order valence-corrected chi connectivity index (χ3v) is 11.4. The first kappa shape index (κ1) is 48.8. The number of nitrogens with zero attached hydrogens (tertiary/aromatic N) is 1. The molecule has 336 valence electrons. The van der Waals surface area contributed by atoms with Gasteiger partial charge in [-0.1, -0.05) is 20.8 Å². The van der Waals surface area contributed by atoms with Crippen molar-refractivity contribution in [3.8, 4) is 0 Å².